The van der Waals surface area contributed by atoms with Crippen LogP contribution in [0.25, 0.3) is 0 Å². The van der Waals surface area contributed by atoms with Gasteiger partial charge in [0.25, 0.3) is 0 Å². The number of nitrogens with two attached hydrogens (primary N) is 1. The molecule has 1 saturated heterocycles. The second kappa shape index (κ2) is 8.58. The normalized spacial score (nSPS) is 15.7. The van der Waals surface area contributed by atoms with Crippen molar-refractivity contribution in [3.05, 3.63) is 29.8 Å². The van der Waals surface area contributed by atoms with E-state index in [1.807, 2.05) is 17.0 Å². The standard InChI is InChI=1S/C15H23N3O2.2ClH/c1-15(2,16)14(20)18-8-6-17(7-9-18)11-12-4-3-5-13(19)10-12;;/h3-5,10,19H,6-9,11,16H2,1-2H3;2*1H. The molecule has 0 unspecified atom stereocenters. The van der Waals surface area contributed by atoms with Gasteiger partial charge >= 0.3 is 0 Å². The average molecular weight is 350 g/mol. The maximum atomic E-state index is 12.1. The monoisotopic (exact) mass is 349 g/mol. The molecule has 3 N–H and O–H groups in total. The van der Waals surface area contributed by atoms with E-state index in [-0.39, 0.29) is 30.7 Å². The minimum absolute atomic E-state index is 0. The molecule has 1 fully saturated rings. The van der Waals surface area contributed by atoms with Gasteiger partial charge in [-0.25, -0.2) is 0 Å². The Balaban J connectivity index is 0.00000220. The fraction of sp³-hybridized carbons (Fsp3) is 0.533. The molecule has 1 aromatic rings. The third kappa shape index (κ3) is 5.65. The summed E-state index contributed by atoms with van der Waals surface area (Å²) >= 11 is 0. The molecule has 0 aliphatic carbocycles. The van der Waals surface area contributed by atoms with Gasteiger partial charge in [-0.1, -0.05) is 12.1 Å². The van der Waals surface area contributed by atoms with Gasteiger partial charge in [-0.2, -0.15) is 0 Å². The van der Waals surface area contributed by atoms with Gasteiger partial charge in [-0.15, -0.1) is 24.8 Å². The molecule has 5 nitrogen and oxygen atoms in total. The van der Waals surface area contributed by atoms with Gasteiger partial charge in [0.1, 0.15) is 5.75 Å². The molecule has 0 radical (unpaired) electrons. The van der Waals surface area contributed by atoms with Gasteiger partial charge in [0, 0.05) is 32.7 Å². The van der Waals surface area contributed by atoms with Crippen molar-refractivity contribution in [3.8, 4) is 5.75 Å². The summed E-state index contributed by atoms with van der Waals surface area (Å²) in [7, 11) is 0. The molecular weight excluding hydrogens is 325 g/mol. The lowest BCUT2D eigenvalue weighted by Crippen LogP contribution is -2.56. The molecule has 7 heteroatoms. The lowest BCUT2D eigenvalue weighted by Gasteiger charge is -2.37. The second-order valence-electron chi connectivity index (χ2n) is 5.96. The number of benzene rings is 1. The molecule has 2 rings (SSSR count). The van der Waals surface area contributed by atoms with E-state index < -0.39 is 5.54 Å². The maximum absolute atomic E-state index is 12.1. The minimum Gasteiger partial charge on any atom is -0.508 e. The van der Waals surface area contributed by atoms with Gasteiger partial charge < -0.3 is 15.7 Å². The molecule has 1 aliphatic rings. The summed E-state index contributed by atoms with van der Waals surface area (Å²) in [5.41, 5.74) is 6.14. The van der Waals surface area contributed by atoms with Crippen molar-refractivity contribution >= 4 is 30.7 Å². The van der Waals surface area contributed by atoms with E-state index in [1.54, 1.807) is 26.0 Å². The molecule has 126 valence electrons. The van der Waals surface area contributed by atoms with Crippen molar-refractivity contribution in [3.63, 3.8) is 0 Å². The Morgan fingerprint density at radius 1 is 1.23 bits per heavy atom. The maximum Gasteiger partial charge on any atom is 0.242 e. The van der Waals surface area contributed by atoms with Crippen LogP contribution in [0.4, 0.5) is 0 Å². The van der Waals surface area contributed by atoms with Crippen molar-refractivity contribution in [1.82, 2.24) is 9.80 Å². The van der Waals surface area contributed by atoms with E-state index in [2.05, 4.69) is 4.90 Å². The highest BCUT2D eigenvalue weighted by molar-refractivity contribution is 5.86. The highest BCUT2D eigenvalue weighted by Gasteiger charge is 2.30. The molecule has 0 spiro atoms. The quantitative estimate of drug-likeness (QED) is 0.869. The van der Waals surface area contributed by atoms with E-state index in [0.717, 1.165) is 25.2 Å². The van der Waals surface area contributed by atoms with Gasteiger partial charge in [0.05, 0.1) is 5.54 Å². The van der Waals surface area contributed by atoms with Gasteiger partial charge in [-0.05, 0) is 31.5 Å². The zero-order valence-electron chi connectivity index (χ0n) is 13.0. The van der Waals surface area contributed by atoms with Gasteiger partial charge in [0.2, 0.25) is 5.91 Å². The fourth-order valence-electron chi connectivity index (χ4n) is 2.43. The number of hydrogen-bond acceptors (Lipinski definition) is 4. The van der Waals surface area contributed by atoms with Crippen molar-refractivity contribution in [2.24, 2.45) is 5.73 Å². The molecule has 0 atom stereocenters. The lowest BCUT2D eigenvalue weighted by atomic mass is 10.0. The molecule has 1 aromatic carbocycles. The number of carbonyl (C=O) groups excluding carboxylic acids is 1. The molecule has 1 aliphatic heterocycles. The number of hydrogen-bond donors (Lipinski definition) is 2. The Morgan fingerprint density at radius 2 is 1.82 bits per heavy atom. The summed E-state index contributed by atoms with van der Waals surface area (Å²) in [6.07, 6.45) is 0. The first-order valence-electron chi connectivity index (χ1n) is 6.95. The first kappa shape index (κ1) is 21.0. The molecule has 0 bridgehead atoms. The van der Waals surface area contributed by atoms with Crippen LogP contribution in [0, 0.1) is 0 Å². The molecule has 1 amide bonds. The number of piperazine rings is 1. The fourth-order valence-corrected chi connectivity index (χ4v) is 2.43. The minimum atomic E-state index is -0.798. The summed E-state index contributed by atoms with van der Waals surface area (Å²) in [6, 6.07) is 7.30. The number of carbonyl (C=O) groups is 1. The van der Waals surface area contributed by atoms with E-state index in [4.69, 9.17) is 5.73 Å². The van der Waals surface area contributed by atoms with Gasteiger partial charge in [0.15, 0.2) is 0 Å². The van der Waals surface area contributed by atoms with Crippen LogP contribution in [0.15, 0.2) is 24.3 Å². The Kier molecular flexibility index (Phi) is 8.18. The third-order valence-electron chi connectivity index (χ3n) is 3.53. The van der Waals surface area contributed by atoms with E-state index in [1.165, 1.54) is 0 Å². The van der Waals surface area contributed by atoms with Crippen molar-refractivity contribution in [2.45, 2.75) is 25.9 Å². The van der Waals surface area contributed by atoms with E-state index >= 15 is 0 Å². The Hall–Kier alpha value is -1.01. The Morgan fingerprint density at radius 3 is 2.32 bits per heavy atom. The van der Waals surface area contributed by atoms with E-state index in [9.17, 15) is 9.90 Å². The molecule has 22 heavy (non-hydrogen) atoms. The summed E-state index contributed by atoms with van der Waals surface area (Å²) in [5, 5.41) is 9.46. The number of phenolic OH excluding ortho intramolecular Hbond substituents is 1. The summed E-state index contributed by atoms with van der Waals surface area (Å²) in [4.78, 5) is 16.2. The summed E-state index contributed by atoms with van der Waals surface area (Å²) in [6.45, 7) is 7.36. The van der Waals surface area contributed by atoms with Crippen molar-refractivity contribution in [1.29, 1.82) is 0 Å². The first-order chi connectivity index (χ1) is 9.36. The van der Waals surface area contributed by atoms with Crippen LogP contribution in [0.2, 0.25) is 0 Å². The summed E-state index contributed by atoms with van der Waals surface area (Å²) < 4.78 is 0. The highest BCUT2D eigenvalue weighted by atomic mass is 35.5. The second-order valence-corrected chi connectivity index (χ2v) is 5.96. The Labute approximate surface area is 144 Å². The first-order valence-corrected chi connectivity index (χ1v) is 6.95. The van der Waals surface area contributed by atoms with Crippen LogP contribution >= 0.6 is 24.8 Å². The largest absolute Gasteiger partial charge is 0.508 e. The van der Waals surface area contributed by atoms with Crippen LogP contribution in [0.5, 0.6) is 5.75 Å². The molecular formula is C15H25Cl2N3O2. The number of aromatic hydroxyl groups is 1. The average Bonchev–Trinajstić information content (AvgIpc) is 2.38. The number of phenols is 1. The predicted octanol–water partition coefficient (Wildman–Crippen LogP) is 1.62. The topological polar surface area (TPSA) is 69.8 Å². The van der Waals surface area contributed by atoms with Crippen LogP contribution < -0.4 is 5.73 Å². The SMILES string of the molecule is CC(C)(N)C(=O)N1CCN(Cc2cccc(O)c2)CC1.Cl.Cl. The van der Waals surface area contributed by atoms with Crippen LogP contribution in [-0.4, -0.2) is 52.5 Å². The molecule has 1 heterocycles. The van der Waals surface area contributed by atoms with Gasteiger partial charge in [-0.3, -0.25) is 9.69 Å². The lowest BCUT2D eigenvalue weighted by molar-refractivity contribution is -0.137. The third-order valence-corrected chi connectivity index (χ3v) is 3.53. The number of rotatable bonds is 3. The number of halogens is 2. The zero-order chi connectivity index (χ0) is 14.8. The zero-order valence-corrected chi connectivity index (χ0v) is 14.6. The van der Waals surface area contributed by atoms with Crippen molar-refractivity contribution in [2.75, 3.05) is 26.2 Å². The number of amides is 1. The predicted molar refractivity (Wildman–Crippen MR) is 92.7 cm³/mol. The molecule has 0 aromatic heterocycles. The van der Waals surface area contributed by atoms with Crippen LogP contribution in [-0.2, 0) is 11.3 Å². The highest BCUT2D eigenvalue weighted by Crippen LogP contribution is 2.15. The van der Waals surface area contributed by atoms with E-state index in [0.29, 0.717) is 18.8 Å². The van der Waals surface area contributed by atoms with Crippen LogP contribution in [0.3, 0.4) is 0 Å². The smallest absolute Gasteiger partial charge is 0.242 e. The Bertz CT molecular complexity index is 484. The van der Waals surface area contributed by atoms with Crippen LogP contribution in [0.1, 0.15) is 19.4 Å². The van der Waals surface area contributed by atoms with Crippen molar-refractivity contribution < 1.29 is 9.90 Å². The number of nitrogens with zero attached hydrogens (tertiary/aromatic N) is 2. The summed E-state index contributed by atoms with van der Waals surface area (Å²) in [5.74, 6) is 0.302. The molecule has 0 saturated carbocycles.